The number of nitrogens with zero attached hydrogens (tertiary/aromatic N) is 4. The third kappa shape index (κ3) is 5.40. The van der Waals surface area contributed by atoms with Gasteiger partial charge in [-0.2, -0.15) is 0 Å². The fraction of sp³-hybridized carbons (Fsp3) is 0.346. The molecule has 192 valence electrons. The third-order valence-corrected chi connectivity index (χ3v) is 5.92. The lowest BCUT2D eigenvalue weighted by Gasteiger charge is -2.28. The smallest absolute Gasteiger partial charge is 0.410 e. The average molecular weight is 505 g/mol. The van der Waals surface area contributed by atoms with Gasteiger partial charge in [0.2, 0.25) is 0 Å². The van der Waals surface area contributed by atoms with Gasteiger partial charge in [-0.05, 0) is 32.9 Å². The van der Waals surface area contributed by atoms with Crippen molar-refractivity contribution in [1.82, 2.24) is 19.9 Å². The Kier molecular flexibility index (Phi) is 6.28. The van der Waals surface area contributed by atoms with Crippen molar-refractivity contribution in [1.29, 1.82) is 0 Å². The summed E-state index contributed by atoms with van der Waals surface area (Å²) < 4.78 is 18.0. The molecule has 2 aliphatic rings. The Bertz CT molecular complexity index is 1340. The summed E-state index contributed by atoms with van der Waals surface area (Å²) in [6, 6.07) is 8.63. The molecule has 4 heterocycles. The molecule has 2 amide bonds. The molecule has 0 unspecified atom stereocenters. The minimum absolute atomic E-state index is 0.00670. The maximum absolute atomic E-state index is 13.1. The number of carbonyl (C=O) groups is 2. The van der Waals surface area contributed by atoms with Crippen LogP contribution in [0.2, 0.25) is 0 Å². The molecule has 2 aromatic heterocycles. The second-order valence-corrected chi connectivity index (χ2v) is 9.92. The van der Waals surface area contributed by atoms with E-state index < -0.39 is 17.6 Å². The van der Waals surface area contributed by atoms with E-state index >= 15 is 0 Å². The minimum atomic E-state index is -0.649. The zero-order valence-electron chi connectivity index (χ0n) is 20.8. The standard InChI is InChI=1S/C26H28N6O5/c1-26(2,3)37-25(34)32-13-18-10-16(32)14-35-17-6-4-5-15(9-17)19-12-29-23(27)22(30-19)24(33)31-20-11-28-8-7-21(20)36-18/h4-9,11-12,16,18H,10,13-14H2,1-3H3,(H2,27,29)(H,31,33)/t16-,18+/m1/s1. The molecule has 6 bridgehead atoms. The van der Waals surface area contributed by atoms with Gasteiger partial charge in [0.1, 0.15) is 35.5 Å². The normalized spacial score (nSPS) is 19.2. The molecule has 0 aliphatic carbocycles. The first-order valence-electron chi connectivity index (χ1n) is 11.9. The van der Waals surface area contributed by atoms with Gasteiger partial charge in [0.15, 0.2) is 11.5 Å². The van der Waals surface area contributed by atoms with Crippen LogP contribution in [0.1, 0.15) is 37.7 Å². The second-order valence-electron chi connectivity index (χ2n) is 9.92. The SMILES string of the molecule is CC(C)(C)OC(=O)N1C[C@@H]2C[C@@H]1COc1cccc(c1)-c1cnc(N)c(n1)C(=O)Nc1cnccc1O2. The molecule has 11 nitrogen and oxygen atoms in total. The van der Waals surface area contributed by atoms with Gasteiger partial charge in [0.25, 0.3) is 5.91 Å². The third-order valence-electron chi connectivity index (χ3n) is 5.92. The van der Waals surface area contributed by atoms with Crippen molar-refractivity contribution in [3.63, 3.8) is 0 Å². The summed E-state index contributed by atoms with van der Waals surface area (Å²) in [5, 5.41) is 2.78. The minimum Gasteiger partial charge on any atom is -0.491 e. The molecule has 11 heteroatoms. The number of hydrogen-bond acceptors (Lipinski definition) is 9. The number of carbonyl (C=O) groups excluding carboxylic acids is 2. The van der Waals surface area contributed by atoms with E-state index in [9.17, 15) is 9.59 Å². The number of pyridine rings is 1. The van der Waals surface area contributed by atoms with Gasteiger partial charge in [0, 0.05) is 24.2 Å². The largest absolute Gasteiger partial charge is 0.491 e. The number of amides is 2. The van der Waals surface area contributed by atoms with E-state index in [1.165, 1.54) is 12.4 Å². The number of anilines is 2. The number of likely N-dealkylation sites (tertiary alicyclic amines) is 1. The Morgan fingerprint density at radius 3 is 2.89 bits per heavy atom. The molecule has 0 spiro atoms. The summed E-state index contributed by atoms with van der Waals surface area (Å²) in [5.41, 5.74) is 6.81. The Hall–Kier alpha value is -4.41. The Labute approximate surface area is 214 Å². The molecule has 1 fully saturated rings. The molecule has 3 aromatic rings. The van der Waals surface area contributed by atoms with Gasteiger partial charge in [-0.1, -0.05) is 12.1 Å². The predicted molar refractivity (Wildman–Crippen MR) is 135 cm³/mol. The monoisotopic (exact) mass is 504 g/mol. The number of hydrogen-bond donors (Lipinski definition) is 2. The molecule has 2 aliphatic heterocycles. The van der Waals surface area contributed by atoms with Gasteiger partial charge in [-0.25, -0.2) is 14.8 Å². The lowest BCUT2D eigenvalue weighted by molar-refractivity contribution is 0.0176. The zero-order chi connectivity index (χ0) is 26.2. The highest BCUT2D eigenvalue weighted by molar-refractivity contribution is 6.06. The van der Waals surface area contributed by atoms with Gasteiger partial charge >= 0.3 is 6.09 Å². The van der Waals surface area contributed by atoms with Crippen molar-refractivity contribution in [3.8, 4) is 22.8 Å². The van der Waals surface area contributed by atoms with Crippen LogP contribution in [-0.4, -0.2) is 62.8 Å². The zero-order valence-corrected chi connectivity index (χ0v) is 20.8. The molecule has 37 heavy (non-hydrogen) atoms. The number of ether oxygens (including phenoxy) is 3. The van der Waals surface area contributed by atoms with E-state index in [-0.39, 0.29) is 36.8 Å². The quantitative estimate of drug-likeness (QED) is 0.470. The summed E-state index contributed by atoms with van der Waals surface area (Å²) in [6.07, 6.45) is 4.24. The predicted octanol–water partition coefficient (Wildman–Crippen LogP) is 3.52. The number of rotatable bonds is 0. The van der Waals surface area contributed by atoms with Crippen molar-refractivity contribution in [2.24, 2.45) is 0 Å². The summed E-state index contributed by atoms with van der Waals surface area (Å²) in [4.78, 5) is 40.5. The number of aromatic nitrogens is 3. The Morgan fingerprint density at radius 1 is 1.24 bits per heavy atom. The highest BCUT2D eigenvalue weighted by Gasteiger charge is 2.39. The highest BCUT2D eigenvalue weighted by atomic mass is 16.6. The molecule has 5 rings (SSSR count). The molecular formula is C26H28N6O5. The Balaban J connectivity index is 1.54. The van der Waals surface area contributed by atoms with Gasteiger partial charge in [-0.3, -0.25) is 14.7 Å². The van der Waals surface area contributed by atoms with Crippen LogP contribution in [0.4, 0.5) is 16.3 Å². The fourth-order valence-electron chi connectivity index (χ4n) is 4.24. The average Bonchev–Trinajstić information content (AvgIpc) is 3.26. The highest BCUT2D eigenvalue weighted by Crippen LogP contribution is 2.31. The number of nitrogens with two attached hydrogens (primary N) is 1. The van der Waals surface area contributed by atoms with Crippen molar-refractivity contribution in [3.05, 3.63) is 54.6 Å². The van der Waals surface area contributed by atoms with Crippen LogP contribution in [0.3, 0.4) is 0 Å². The van der Waals surface area contributed by atoms with Gasteiger partial charge < -0.3 is 25.3 Å². The van der Waals surface area contributed by atoms with E-state index in [1.54, 1.807) is 23.2 Å². The molecule has 0 saturated carbocycles. The number of nitrogens with one attached hydrogen (secondary N) is 1. The summed E-state index contributed by atoms with van der Waals surface area (Å²) in [6.45, 7) is 6.00. The summed E-state index contributed by atoms with van der Waals surface area (Å²) in [7, 11) is 0. The van der Waals surface area contributed by atoms with Crippen LogP contribution in [0.5, 0.6) is 11.5 Å². The lowest BCUT2D eigenvalue weighted by atomic mass is 10.1. The van der Waals surface area contributed by atoms with Gasteiger partial charge in [-0.15, -0.1) is 0 Å². The van der Waals surface area contributed by atoms with Crippen LogP contribution in [0.25, 0.3) is 11.3 Å². The van der Waals surface area contributed by atoms with Crippen LogP contribution in [0.15, 0.2) is 48.9 Å². The first-order chi connectivity index (χ1) is 17.7. The van der Waals surface area contributed by atoms with Crippen molar-refractivity contribution < 1.29 is 23.8 Å². The van der Waals surface area contributed by atoms with Crippen LogP contribution in [-0.2, 0) is 4.74 Å². The van der Waals surface area contributed by atoms with Crippen molar-refractivity contribution in [2.45, 2.75) is 44.9 Å². The second kappa shape index (κ2) is 9.57. The van der Waals surface area contributed by atoms with Crippen LogP contribution < -0.4 is 20.5 Å². The topological polar surface area (TPSA) is 142 Å². The van der Waals surface area contributed by atoms with Gasteiger partial charge in [0.05, 0.1) is 30.7 Å². The Morgan fingerprint density at radius 2 is 2.08 bits per heavy atom. The first kappa shape index (κ1) is 24.3. The van der Waals surface area contributed by atoms with Crippen LogP contribution >= 0.6 is 0 Å². The molecule has 2 atom stereocenters. The molecule has 1 aromatic carbocycles. The molecule has 1 saturated heterocycles. The first-order valence-corrected chi connectivity index (χ1v) is 11.9. The van der Waals surface area contributed by atoms with Crippen LogP contribution in [0, 0.1) is 0 Å². The lowest BCUT2D eigenvalue weighted by Crippen LogP contribution is -2.42. The van der Waals surface area contributed by atoms with E-state index in [0.717, 1.165) is 0 Å². The molecule has 0 radical (unpaired) electrons. The van der Waals surface area contributed by atoms with E-state index in [4.69, 9.17) is 19.9 Å². The summed E-state index contributed by atoms with van der Waals surface area (Å²) >= 11 is 0. The van der Waals surface area contributed by atoms with E-state index in [2.05, 4.69) is 20.3 Å². The fourth-order valence-corrected chi connectivity index (χ4v) is 4.24. The van der Waals surface area contributed by atoms with E-state index in [0.29, 0.717) is 34.9 Å². The maximum Gasteiger partial charge on any atom is 0.410 e. The number of fused-ring (bicyclic) bond motifs is 8. The van der Waals surface area contributed by atoms with Crippen molar-refractivity contribution in [2.75, 3.05) is 24.2 Å². The summed E-state index contributed by atoms with van der Waals surface area (Å²) in [5.74, 6) is 0.426. The van der Waals surface area contributed by atoms with Crippen molar-refractivity contribution >= 4 is 23.5 Å². The van der Waals surface area contributed by atoms with E-state index in [1.807, 2.05) is 39.0 Å². The maximum atomic E-state index is 13.1. The number of nitrogen functional groups attached to an aromatic ring is 1. The number of benzene rings is 1. The molecule has 3 N–H and O–H groups in total. The molecular weight excluding hydrogens is 476 g/mol.